The lowest BCUT2D eigenvalue weighted by Crippen LogP contribution is -2.49. The molecule has 23 heavy (non-hydrogen) atoms. The van der Waals surface area contributed by atoms with E-state index in [1.54, 1.807) is 12.3 Å². The molecule has 1 saturated heterocycles. The van der Waals surface area contributed by atoms with Crippen molar-refractivity contribution in [3.05, 3.63) is 41.2 Å². The van der Waals surface area contributed by atoms with Crippen molar-refractivity contribution in [1.82, 2.24) is 19.9 Å². The number of benzene rings is 1. The van der Waals surface area contributed by atoms with Gasteiger partial charge in [-0.1, -0.05) is 35.9 Å². The van der Waals surface area contributed by atoms with Gasteiger partial charge in [0, 0.05) is 19.1 Å². The molecule has 0 bridgehead atoms. The first-order valence-electron chi connectivity index (χ1n) is 7.78. The van der Waals surface area contributed by atoms with Crippen LogP contribution in [0.1, 0.15) is 30.3 Å². The van der Waals surface area contributed by atoms with E-state index in [2.05, 4.69) is 17.2 Å². The Bertz CT molecular complexity index is 701. The summed E-state index contributed by atoms with van der Waals surface area (Å²) in [4.78, 5) is 14.5. The van der Waals surface area contributed by atoms with Crippen molar-refractivity contribution >= 4 is 17.5 Å². The highest BCUT2D eigenvalue weighted by Crippen LogP contribution is 2.24. The minimum atomic E-state index is -0.120. The highest BCUT2D eigenvalue weighted by atomic mass is 35.5. The second-order valence-electron chi connectivity index (χ2n) is 6.02. The number of nitrogens with zero attached hydrogens (tertiary/aromatic N) is 4. The minimum Gasteiger partial charge on any atom is -0.333 e. The zero-order valence-electron chi connectivity index (χ0n) is 13.0. The summed E-state index contributed by atoms with van der Waals surface area (Å²) in [5.74, 6) is 0.470. The standard InChI is InChI=1S/C16H20ClN5O/c1-11-6-7-21(12(8-11)9-18)16(23)14-10-22(20-19-14)15-5-3-2-4-13(15)17/h2-5,10-12H,6-9,18H2,1H3. The van der Waals surface area contributed by atoms with Gasteiger partial charge in [-0.3, -0.25) is 4.79 Å². The third kappa shape index (κ3) is 3.23. The zero-order chi connectivity index (χ0) is 16.4. The van der Waals surface area contributed by atoms with Crippen LogP contribution in [0.15, 0.2) is 30.5 Å². The van der Waals surface area contributed by atoms with Crippen LogP contribution < -0.4 is 5.73 Å². The molecule has 1 aliphatic heterocycles. The molecule has 1 amide bonds. The predicted molar refractivity (Wildman–Crippen MR) is 88.6 cm³/mol. The fourth-order valence-corrected chi connectivity index (χ4v) is 3.23. The van der Waals surface area contributed by atoms with Crippen molar-refractivity contribution in [2.45, 2.75) is 25.8 Å². The summed E-state index contributed by atoms with van der Waals surface area (Å²) in [5.41, 5.74) is 6.85. The normalized spacial score (nSPS) is 21.4. The fourth-order valence-electron chi connectivity index (χ4n) is 3.01. The molecule has 1 aromatic heterocycles. The van der Waals surface area contributed by atoms with Crippen LogP contribution in [0.2, 0.25) is 5.02 Å². The Morgan fingerprint density at radius 1 is 1.43 bits per heavy atom. The summed E-state index contributed by atoms with van der Waals surface area (Å²) in [6, 6.07) is 7.38. The maximum Gasteiger partial charge on any atom is 0.276 e. The minimum absolute atomic E-state index is 0.0664. The van der Waals surface area contributed by atoms with E-state index in [0.717, 1.165) is 12.8 Å². The number of hydrogen-bond donors (Lipinski definition) is 1. The van der Waals surface area contributed by atoms with E-state index in [-0.39, 0.29) is 11.9 Å². The van der Waals surface area contributed by atoms with Gasteiger partial charge in [0.05, 0.1) is 16.9 Å². The number of rotatable bonds is 3. The van der Waals surface area contributed by atoms with Crippen molar-refractivity contribution in [2.24, 2.45) is 11.7 Å². The van der Waals surface area contributed by atoms with Gasteiger partial charge in [0.15, 0.2) is 5.69 Å². The molecule has 0 spiro atoms. The quantitative estimate of drug-likeness (QED) is 0.933. The van der Waals surface area contributed by atoms with Crippen molar-refractivity contribution < 1.29 is 4.79 Å². The largest absolute Gasteiger partial charge is 0.333 e. The molecule has 3 rings (SSSR count). The number of likely N-dealkylation sites (tertiary alicyclic amines) is 1. The number of nitrogens with two attached hydrogens (primary N) is 1. The Hall–Kier alpha value is -1.92. The molecule has 1 aromatic carbocycles. The molecule has 2 N–H and O–H groups in total. The van der Waals surface area contributed by atoms with Gasteiger partial charge in [-0.25, -0.2) is 4.68 Å². The van der Waals surface area contributed by atoms with Crippen LogP contribution >= 0.6 is 11.6 Å². The van der Waals surface area contributed by atoms with Gasteiger partial charge in [-0.2, -0.15) is 0 Å². The van der Waals surface area contributed by atoms with Crippen LogP contribution in [0.4, 0.5) is 0 Å². The van der Waals surface area contributed by atoms with Gasteiger partial charge in [-0.15, -0.1) is 5.10 Å². The molecular weight excluding hydrogens is 314 g/mol. The van der Waals surface area contributed by atoms with Crippen LogP contribution in [0.25, 0.3) is 5.69 Å². The summed E-state index contributed by atoms with van der Waals surface area (Å²) in [6.07, 6.45) is 3.54. The molecule has 0 aliphatic carbocycles. The van der Waals surface area contributed by atoms with E-state index in [0.29, 0.717) is 35.4 Å². The predicted octanol–water partition coefficient (Wildman–Crippen LogP) is 2.12. The van der Waals surface area contributed by atoms with Crippen LogP contribution in [-0.2, 0) is 0 Å². The number of amides is 1. The molecule has 7 heteroatoms. The summed E-state index contributed by atoms with van der Waals surface area (Å²) < 4.78 is 1.53. The Labute approximate surface area is 140 Å². The Kier molecular flexibility index (Phi) is 4.63. The van der Waals surface area contributed by atoms with Crippen molar-refractivity contribution in [1.29, 1.82) is 0 Å². The van der Waals surface area contributed by atoms with Crippen LogP contribution in [0.5, 0.6) is 0 Å². The average Bonchev–Trinajstić information content (AvgIpc) is 3.04. The molecule has 2 aromatic rings. The lowest BCUT2D eigenvalue weighted by molar-refractivity contribution is 0.0567. The van der Waals surface area contributed by atoms with Gasteiger partial charge >= 0.3 is 0 Å². The lowest BCUT2D eigenvalue weighted by Gasteiger charge is -2.37. The number of carbonyl (C=O) groups is 1. The van der Waals surface area contributed by atoms with E-state index in [9.17, 15) is 4.79 Å². The molecule has 0 radical (unpaired) electrons. The molecule has 1 aliphatic rings. The fraction of sp³-hybridized carbons (Fsp3) is 0.438. The van der Waals surface area contributed by atoms with Crippen molar-refractivity contribution in [3.63, 3.8) is 0 Å². The number of piperidine rings is 1. The number of para-hydroxylation sites is 1. The maximum absolute atomic E-state index is 12.7. The van der Waals surface area contributed by atoms with Gasteiger partial charge in [-0.05, 0) is 30.9 Å². The van der Waals surface area contributed by atoms with Gasteiger partial charge in [0.1, 0.15) is 0 Å². The second-order valence-corrected chi connectivity index (χ2v) is 6.42. The summed E-state index contributed by atoms with van der Waals surface area (Å²) >= 11 is 6.16. The van der Waals surface area contributed by atoms with Crippen LogP contribution in [0.3, 0.4) is 0 Å². The molecule has 0 saturated carbocycles. The molecule has 2 unspecified atom stereocenters. The van der Waals surface area contributed by atoms with E-state index < -0.39 is 0 Å². The summed E-state index contributed by atoms with van der Waals surface area (Å²) in [7, 11) is 0. The lowest BCUT2D eigenvalue weighted by atomic mass is 9.92. The summed E-state index contributed by atoms with van der Waals surface area (Å²) in [6.45, 7) is 3.37. The topological polar surface area (TPSA) is 77.0 Å². The van der Waals surface area contributed by atoms with Gasteiger partial charge < -0.3 is 10.6 Å². The first kappa shape index (κ1) is 16.0. The monoisotopic (exact) mass is 333 g/mol. The molecule has 6 nitrogen and oxygen atoms in total. The highest BCUT2D eigenvalue weighted by molar-refractivity contribution is 6.32. The molecule has 2 atom stereocenters. The molecule has 2 heterocycles. The number of hydrogen-bond acceptors (Lipinski definition) is 4. The number of carbonyl (C=O) groups excluding carboxylic acids is 1. The molecule has 1 fully saturated rings. The van der Waals surface area contributed by atoms with Crippen molar-refractivity contribution in [3.8, 4) is 5.69 Å². The van der Waals surface area contributed by atoms with E-state index in [4.69, 9.17) is 17.3 Å². The molecule has 122 valence electrons. The first-order valence-corrected chi connectivity index (χ1v) is 8.16. The van der Waals surface area contributed by atoms with Crippen LogP contribution in [0, 0.1) is 5.92 Å². The third-order valence-electron chi connectivity index (χ3n) is 4.32. The van der Waals surface area contributed by atoms with Gasteiger partial charge in [0.2, 0.25) is 0 Å². The highest BCUT2D eigenvalue weighted by Gasteiger charge is 2.30. The maximum atomic E-state index is 12.7. The van der Waals surface area contributed by atoms with Crippen LogP contribution in [-0.4, -0.2) is 44.9 Å². The van der Waals surface area contributed by atoms with Gasteiger partial charge in [0.25, 0.3) is 5.91 Å². The Balaban J connectivity index is 1.82. The zero-order valence-corrected chi connectivity index (χ0v) is 13.8. The van der Waals surface area contributed by atoms with E-state index in [1.807, 2.05) is 23.1 Å². The number of halogens is 1. The third-order valence-corrected chi connectivity index (χ3v) is 4.64. The smallest absolute Gasteiger partial charge is 0.276 e. The van der Waals surface area contributed by atoms with E-state index >= 15 is 0 Å². The number of aromatic nitrogens is 3. The SMILES string of the molecule is CC1CCN(C(=O)c2cn(-c3ccccc3Cl)nn2)C(CN)C1. The Morgan fingerprint density at radius 2 is 2.22 bits per heavy atom. The van der Waals surface area contributed by atoms with E-state index in [1.165, 1.54) is 4.68 Å². The second kappa shape index (κ2) is 6.68. The molecular formula is C16H20ClN5O. The Morgan fingerprint density at radius 3 is 2.96 bits per heavy atom. The van der Waals surface area contributed by atoms with Crippen molar-refractivity contribution in [2.75, 3.05) is 13.1 Å². The summed E-state index contributed by atoms with van der Waals surface area (Å²) in [5, 5.41) is 8.61. The first-order chi connectivity index (χ1) is 11.1. The average molecular weight is 334 g/mol.